The van der Waals surface area contributed by atoms with Crippen LogP contribution in [0, 0.1) is 0 Å². The van der Waals surface area contributed by atoms with Gasteiger partial charge in [0.1, 0.15) is 0 Å². The molecule has 1 heterocycles. The minimum Gasteiger partial charge on any atom is -0.389 e. The Morgan fingerprint density at radius 1 is 1.12 bits per heavy atom. The molecule has 3 N–H and O–H groups in total. The molecular formula is C10H20N6O. The molecule has 1 aromatic heterocycles. The molecule has 0 saturated carbocycles. The Hall–Kier alpha value is -1.63. The van der Waals surface area contributed by atoms with E-state index >= 15 is 0 Å². The number of anilines is 3. The maximum absolute atomic E-state index is 9.74. The second-order valence-corrected chi connectivity index (χ2v) is 4.86. The monoisotopic (exact) mass is 240 g/mol. The summed E-state index contributed by atoms with van der Waals surface area (Å²) in [5.41, 5.74) is 4.80. The summed E-state index contributed by atoms with van der Waals surface area (Å²) < 4.78 is 0. The van der Waals surface area contributed by atoms with E-state index < -0.39 is 5.60 Å². The highest BCUT2D eigenvalue weighted by molar-refractivity contribution is 5.42. The minimum absolute atomic E-state index is 0.168. The molecule has 0 fully saturated rings. The predicted octanol–water partition coefficient (Wildman–Crippen LogP) is -0.273. The van der Waals surface area contributed by atoms with E-state index in [-0.39, 0.29) is 5.95 Å². The summed E-state index contributed by atoms with van der Waals surface area (Å²) >= 11 is 0. The molecule has 0 aromatic carbocycles. The molecule has 0 radical (unpaired) electrons. The van der Waals surface area contributed by atoms with Crippen molar-refractivity contribution in [2.24, 2.45) is 0 Å². The molecule has 96 valence electrons. The van der Waals surface area contributed by atoms with Crippen molar-refractivity contribution < 1.29 is 5.11 Å². The second kappa shape index (κ2) is 4.70. The van der Waals surface area contributed by atoms with Crippen LogP contribution in [0.5, 0.6) is 0 Å². The maximum Gasteiger partial charge on any atom is 0.231 e. The average molecular weight is 240 g/mol. The molecule has 0 bridgehead atoms. The van der Waals surface area contributed by atoms with Gasteiger partial charge in [-0.15, -0.1) is 0 Å². The molecule has 0 aliphatic heterocycles. The molecule has 0 spiro atoms. The molecule has 7 nitrogen and oxygen atoms in total. The maximum atomic E-state index is 9.74. The Morgan fingerprint density at radius 3 is 2.12 bits per heavy atom. The van der Waals surface area contributed by atoms with Crippen molar-refractivity contribution in [3.63, 3.8) is 0 Å². The van der Waals surface area contributed by atoms with Crippen LogP contribution in [0.15, 0.2) is 0 Å². The summed E-state index contributed by atoms with van der Waals surface area (Å²) in [6.45, 7) is 3.85. The number of nitrogen functional groups attached to an aromatic ring is 1. The number of rotatable bonds is 4. The zero-order valence-corrected chi connectivity index (χ0v) is 11.0. The summed E-state index contributed by atoms with van der Waals surface area (Å²) in [6, 6.07) is 0. The number of likely N-dealkylation sites (N-methyl/N-ethyl adjacent to an activating group) is 1. The van der Waals surface area contributed by atoms with Gasteiger partial charge in [-0.2, -0.15) is 15.0 Å². The molecule has 17 heavy (non-hydrogen) atoms. The zero-order valence-electron chi connectivity index (χ0n) is 11.0. The predicted molar refractivity (Wildman–Crippen MR) is 68.1 cm³/mol. The largest absolute Gasteiger partial charge is 0.389 e. The van der Waals surface area contributed by atoms with E-state index in [9.17, 15) is 5.11 Å². The lowest BCUT2D eigenvalue weighted by Gasteiger charge is -2.26. The Morgan fingerprint density at radius 2 is 1.65 bits per heavy atom. The van der Waals surface area contributed by atoms with Gasteiger partial charge >= 0.3 is 0 Å². The van der Waals surface area contributed by atoms with Crippen LogP contribution in [-0.2, 0) is 0 Å². The first-order chi connectivity index (χ1) is 7.69. The third-order valence-electron chi connectivity index (χ3n) is 1.99. The van der Waals surface area contributed by atoms with Crippen molar-refractivity contribution >= 4 is 17.8 Å². The SMILES string of the molecule is CN(C)c1nc(N)nc(N(C)CC(C)(C)O)n1. The Bertz CT molecular complexity index is 387. The van der Waals surface area contributed by atoms with Crippen LogP contribution in [0.3, 0.4) is 0 Å². The van der Waals surface area contributed by atoms with Crippen LogP contribution in [0.2, 0.25) is 0 Å². The van der Waals surface area contributed by atoms with Crippen LogP contribution in [0.25, 0.3) is 0 Å². The summed E-state index contributed by atoms with van der Waals surface area (Å²) in [6.07, 6.45) is 0. The lowest BCUT2D eigenvalue weighted by molar-refractivity contribution is 0.0883. The lowest BCUT2D eigenvalue weighted by Crippen LogP contribution is -2.37. The van der Waals surface area contributed by atoms with Gasteiger partial charge in [0.25, 0.3) is 0 Å². The van der Waals surface area contributed by atoms with E-state index in [0.29, 0.717) is 18.4 Å². The number of hydrogen-bond donors (Lipinski definition) is 2. The molecule has 0 aliphatic carbocycles. The fourth-order valence-electron chi connectivity index (χ4n) is 1.39. The van der Waals surface area contributed by atoms with Gasteiger partial charge in [-0.3, -0.25) is 0 Å². The fourth-order valence-corrected chi connectivity index (χ4v) is 1.39. The molecular weight excluding hydrogens is 220 g/mol. The summed E-state index contributed by atoms with van der Waals surface area (Å²) in [5, 5.41) is 9.74. The average Bonchev–Trinajstić information content (AvgIpc) is 2.13. The topological polar surface area (TPSA) is 91.4 Å². The molecule has 1 aromatic rings. The van der Waals surface area contributed by atoms with E-state index in [2.05, 4.69) is 15.0 Å². The van der Waals surface area contributed by atoms with Crippen molar-refractivity contribution in [2.45, 2.75) is 19.4 Å². The first kappa shape index (κ1) is 13.4. The Kier molecular flexibility index (Phi) is 3.72. The third kappa shape index (κ3) is 4.03. The van der Waals surface area contributed by atoms with Crippen molar-refractivity contribution in [3.8, 4) is 0 Å². The summed E-state index contributed by atoms with van der Waals surface area (Å²) in [5.74, 6) is 1.11. The van der Waals surface area contributed by atoms with E-state index in [0.717, 1.165) is 0 Å². The van der Waals surface area contributed by atoms with E-state index in [1.165, 1.54) is 0 Å². The van der Waals surface area contributed by atoms with E-state index in [1.807, 2.05) is 14.1 Å². The first-order valence-electron chi connectivity index (χ1n) is 5.31. The highest BCUT2D eigenvalue weighted by Gasteiger charge is 2.18. The molecule has 0 atom stereocenters. The second-order valence-electron chi connectivity index (χ2n) is 4.86. The number of nitrogens with two attached hydrogens (primary N) is 1. The molecule has 1 rings (SSSR count). The smallest absolute Gasteiger partial charge is 0.231 e. The number of nitrogens with zero attached hydrogens (tertiary/aromatic N) is 5. The zero-order chi connectivity index (χ0) is 13.2. The minimum atomic E-state index is -0.825. The summed E-state index contributed by atoms with van der Waals surface area (Å²) in [7, 11) is 5.45. The normalized spacial score (nSPS) is 11.4. The van der Waals surface area contributed by atoms with Crippen LogP contribution in [0.4, 0.5) is 17.8 Å². The van der Waals surface area contributed by atoms with E-state index in [4.69, 9.17) is 5.73 Å². The van der Waals surface area contributed by atoms with Gasteiger partial charge in [0.15, 0.2) is 0 Å². The first-order valence-corrected chi connectivity index (χ1v) is 5.31. The Balaban J connectivity index is 2.97. The van der Waals surface area contributed by atoms with Crippen molar-refractivity contribution in [1.82, 2.24) is 15.0 Å². The molecule has 0 saturated heterocycles. The molecule has 0 amide bonds. The molecule has 7 heteroatoms. The number of hydrogen-bond acceptors (Lipinski definition) is 7. The quantitative estimate of drug-likeness (QED) is 0.748. The molecule has 0 aliphatic rings. The van der Waals surface area contributed by atoms with E-state index in [1.54, 1.807) is 30.7 Å². The van der Waals surface area contributed by atoms with Gasteiger partial charge in [-0.1, -0.05) is 0 Å². The van der Waals surface area contributed by atoms with Crippen LogP contribution in [-0.4, -0.2) is 53.3 Å². The van der Waals surface area contributed by atoms with Gasteiger partial charge in [-0.05, 0) is 13.8 Å². The summed E-state index contributed by atoms with van der Waals surface area (Å²) in [4.78, 5) is 15.8. The lowest BCUT2D eigenvalue weighted by atomic mass is 10.1. The standard InChI is InChI=1S/C10H20N6O/c1-10(2,17)6-16(5)9-13-7(11)12-8(14-9)15(3)4/h17H,6H2,1-5H3,(H2,11,12,13,14). The number of aliphatic hydroxyl groups is 1. The highest BCUT2D eigenvalue weighted by Crippen LogP contribution is 2.14. The number of aromatic nitrogens is 3. The van der Waals surface area contributed by atoms with Crippen LogP contribution >= 0.6 is 0 Å². The highest BCUT2D eigenvalue weighted by atomic mass is 16.3. The van der Waals surface area contributed by atoms with Crippen LogP contribution < -0.4 is 15.5 Å². The fraction of sp³-hybridized carbons (Fsp3) is 0.700. The van der Waals surface area contributed by atoms with Gasteiger partial charge < -0.3 is 20.6 Å². The van der Waals surface area contributed by atoms with Gasteiger partial charge in [0.05, 0.1) is 5.60 Å². The van der Waals surface area contributed by atoms with Crippen molar-refractivity contribution in [2.75, 3.05) is 43.2 Å². The third-order valence-corrected chi connectivity index (χ3v) is 1.99. The van der Waals surface area contributed by atoms with Gasteiger partial charge in [0.2, 0.25) is 17.8 Å². The van der Waals surface area contributed by atoms with Crippen molar-refractivity contribution in [3.05, 3.63) is 0 Å². The Labute approximate surface area is 101 Å². The van der Waals surface area contributed by atoms with Gasteiger partial charge in [0, 0.05) is 27.7 Å². The molecule has 0 unspecified atom stereocenters. The van der Waals surface area contributed by atoms with Crippen molar-refractivity contribution in [1.29, 1.82) is 0 Å². The van der Waals surface area contributed by atoms with Gasteiger partial charge in [-0.25, -0.2) is 0 Å². The van der Waals surface area contributed by atoms with Crippen LogP contribution in [0.1, 0.15) is 13.8 Å².